The quantitative estimate of drug-likeness (QED) is 0.296. The zero-order valence-electron chi connectivity index (χ0n) is 9.33. The van der Waals surface area contributed by atoms with Gasteiger partial charge in [-0.2, -0.15) is 0 Å². The van der Waals surface area contributed by atoms with Crippen molar-refractivity contribution in [2.45, 2.75) is 0 Å². The molecule has 0 fully saturated rings. The van der Waals surface area contributed by atoms with Gasteiger partial charge in [0.1, 0.15) is 6.61 Å². The van der Waals surface area contributed by atoms with Crippen molar-refractivity contribution in [3.05, 3.63) is 12.2 Å². The molecule has 0 saturated carbocycles. The van der Waals surface area contributed by atoms with Crippen molar-refractivity contribution >= 4 is 11.9 Å². The second-order valence-electron chi connectivity index (χ2n) is 2.79. The molecule has 98 valence electrons. The molecule has 17 heavy (non-hydrogen) atoms. The van der Waals surface area contributed by atoms with Crippen molar-refractivity contribution in [2.24, 2.45) is 0 Å². The van der Waals surface area contributed by atoms with E-state index in [9.17, 15) is 9.59 Å². The maximum Gasteiger partial charge on any atom is 0.331 e. The number of aliphatic hydroxyl groups is 1. The second-order valence-corrected chi connectivity index (χ2v) is 2.79. The Hall–Kier alpha value is -1.44. The molecule has 7 nitrogen and oxygen atoms in total. The van der Waals surface area contributed by atoms with Crippen LogP contribution in [0, 0.1) is 0 Å². The lowest BCUT2D eigenvalue weighted by Crippen LogP contribution is -2.12. The second kappa shape index (κ2) is 11.1. The van der Waals surface area contributed by atoms with Crippen LogP contribution in [0.4, 0.5) is 0 Å². The van der Waals surface area contributed by atoms with Crippen molar-refractivity contribution in [3.8, 4) is 0 Å². The Morgan fingerprint density at radius 3 is 2.12 bits per heavy atom. The maximum absolute atomic E-state index is 10.8. The third-order valence-corrected chi connectivity index (χ3v) is 1.44. The summed E-state index contributed by atoms with van der Waals surface area (Å²) in [5.74, 6) is -1.94. The van der Waals surface area contributed by atoms with Gasteiger partial charge in [-0.15, -0.1) is 0 Å². The molecule has 0 amide bonds. The van der Waals surface area contributed by atoms with Crippen LogP contribution in [-0.4, -0.2) is 61.8 Å². The van der Waals surface area contributed by atoms with Gasteiger partial charge in [0.15, 0.2) is 0 Å². The summed E-state index contributed by atoms with van der Waals surface area (Å²) in [4.78, 5) is 20.9. The summed E-state index contributed by atoms with van der Waals surface area (Å²) in [6, 6.07) is 0. The largest absolute Gasteiger partial charge is 0.478 e. The topological polar surface area (TPSA) is 102 Å². The summed E-state index contributed by atoms with van der Waals surface area (Å²) in [7, 11) is 0. The summed E-state index contributed by atoms with van der Waals surface area (Å²) in [6.45, 7) is 1.17. The number of esters is 1. The highest BCUT2D eigenvalue weighted by molar-refractivity contribution is 5.90. The Bertz CT molecular complexity index is 249. The summed E-state index contributed by atoms with van der Waals surface area (Å²) >= 11 is 0. The van der Waals surface area contributed by atoms with Gasteiger partial charge in [0.05, 0.1) is 33.0 Å². The highest BCUT2D eigenvalue weighted by Crippen LogP contribution is 1.84. The number of carbonyl (C=O) groups is 2. The Kier molecular flexibility index (Phi) is 10.1. The first-order valence-corrected chi connectivity index (χ1v) is 5.01. The highest BCUT2D eigenvalue weighted by atomic mass is 16.6. The number of carboxylic acid groups (broad SMARTS) is 1. The highest BCUT2D eigenvalue weighted by Gasteiger charge is 1.98. The lowest BCUT2D eigenvalue weighted by molar-refractivity contribution is -0.140. The number of carbonyl (C=O) groups excluding carboxylic acids is 1. The van der Waals surface area contributed by atoms with Crippen molar-refractivity contribution in [3.63, 3.8) is 0 Å². The molecular formula is C10H16O7. The van der Waals surface area contributed by atoms with Gasteiger partial charge in [0.2, 0.25) is 0 Å². The standard InChI is InChI=1S/C10H16O7/c11-3-4-15-5-6-16-7-8-17-10(14)2-1-9(12)13/h1-2,11H,3-8H2,(H,12,13). The van der Waals surface area contributed by atoms with Crippen LogP contribution in [0.3, 0.4) is 0 Å². The van der Waals surface area contributed by atoms with E-state index in [1.807, 2.05) is 0 Å². The normalized spacial score (nSPS) is 10.6. The summed E-state index contributed by atoms with van der Waals surface area (Å²) < 4.78 is 14.6. The Balaban J connectivity index is 3.28. The molecule has 0 saturated heterocycles. The minimum Gasteiger partial charge on any atom is -0.478 e. The average Bonchev–Trinajstić information content (AvgIpc) is 2.30. The van der Waals surface area contributed by atoms with E-state index in [2.05, 4.69) is 4.74 Å². The van der Waals surface area contributed by atoms with Gasteiger partial charge in [-0.25, -0.2) is 9.59 Å². The van der Waals surface area contributed by atoms with Crippen LogP contribution in [0.15, 0.2) is 12.2 Å². The fraction of sp³-hybridized carbons (Fsp3) is 0.600. The zero-order chi connectivity index (χ0) is 12.9. The van der Waals surface area contributed by atoms with Gasteiger partial charge in [-0.3, -0.25) is 0 Å². The molecule has 0 heterocycles. The Labute approximate surface area is 98.6 Å². The van der Waals surface area contributed by atoms with Crippen molar-refractivity contribution in [2.75, 3.05) is 39.6 Å². The van der Waals surface area contributed by atoms with Gasteiger partial charge in [0, 0.05) is 12.2 Å². The molecule has 0 aliphatic rings. The van der Waals surface area contributed by atoms with Crippen molar-refractivity contribution < 1.29 is 34.0 Å². The number of aliphatic hydroxyl groups excluding tert-OH is 1. The third-order valence-electron chi connectivity index (χ3n) is 1.44. The number of hydrogen-bond donors (Lipinski definition) is 2. The van der Waals surface area contributed by atoms with Gasteiger partial charge in [0.25, 0.3) is 0 Å². The molecule has 7 heteroatoms. The van der Waals surface area contributed by atoms with Gasteiger partial charge in [-0.05, 0) is 0 Å². The molecule has 0 rings (SSSR count). The molecule has 0 atom stereocenters. The first-order chi connectivity index (χ1) is 8.16. The lowest BCUT2D eigenvalue weighted by atomic mass is 10.5. The molecule has 0 radical (unpaired) electrons. The molecule has 0 bridgehead atoms. The number of aliphatic carboxylic acids is 1. The number of ether oxygens (including phenoxy) is 3. The van der Waals surface area contributed by atoms with E-state index in [4.69, 9.17) is 19.7 Å². The van der Waals surface area contributed by atoms with E-state index in [0.717, 1.165) is 6.08 Å². The summed E-state index contributed by atoms with van der Waals surface area (Å²) in [6.07, 6.45) is 1.53. The fourth-order valence-corrected chi connectivity index (χ4v) is 0.775. The number of rotatable bonds is 10. The van der Waals surface area contributed by atoms with E-state index < -0.39 is 11.9 Å². The Morgan fingerprint density at radius 1 is 0.941 bits per heavy atom. The van der Waals surface area contributed by atoms with Crippen molar-refractivity contribution in [1.82, 2.24) is 0 Å². The van der Waals surface area contributed by atoms with Gasteiger partial charge in [-0.1, -0.05) is 0 Å². The molecular weight excluding hydrogens is 232 g/mol. The van der Waals surface area contributed by atoms with Gasteiger partial charge >= 0.3 is 11.9 Å². The molecule has 0 unspecified atom stereocenters. The molecule has 0 aliphatic carbocycles. The predicted octanol–water partition coefficient (Wildman–Crippen LogP) is -0.804. The van der Waals surface area contributed by atoms with E-state index in [0.29, 0.717) is 19.3 Å². The summed E-state index contributed by atoms with van der Waals surface area (Å²) in [5, 5.41) is 16.6. The predicted molar refractivity (Wildman–Crippen MR) is 56.5 cm³/mol. The first kappa shape index (κ1) is 15.6. The lowest BCUT2D eigenvalue weighted by Gasteiger charge is -2.04. The molecule has 0 aromatic rings. The molecule has 0 aliphatic heterocycles. The third kappa shape index (κ3) is 12.5. The van der Waals surface area contributed by atoms with Crippen LogP contribution < -0.4 is 0 Å². The van der Waals surface area contributed by atoms with E-state index in [1.165, 1.54) is 0 Å². The van der Waals surface area contributed by atoms with Crippen LogP contribution in [0.25, 0.3) is 0 Å². The van der Waals surface area contributed by atoms with Gasteiger partial charge < -0.3 is 24.4 Å². The average molecular weight is 248 g/mol. The summed E-state index contributed by atoms with van der Waals surface area (Å²) in [5.41, 5.74) is 0. The smallest absolute Gasteiger partial charge is 0.331 e. The molecule has 0 aromatic carbocycles. The number of carboxylic acids is 1. The SMILES string of the molecule is O=C(O)C=CC(=O)OCCOCCOCCO. The van der Waals surface area contributed by atoms with Crippen LogP contribution in [0.5, 0.6) is 0 Å². The fourth-order valence-electron chi connectivity index (χ4n) is 0.775. The molecule has 2 N–H and O–H groups in total. The first-order valence-electron chi connectivity index (χ1n) is 5.01. The van der Waals surface area contributed by atoms with Crippen LogP contribution in [-0.2, 0) is 23.8 Å². The zero-order valence-corrected chi connectivity index (χ0v) is 9.33. The molecule has 0 aromatic heterocycles. The monoisotopic (exact) mass is 248 g/mol. The van der Waals surface area contributed by atoms with E-state index >= 15 is 0 Å². The maximum atomic E-state index is 10.8. The van der Waals surface area contributed by atoms with E-state index in [1.54, 1.807) is 0 Å². The van der Waals surface area contributed by atoms with Crippen molar-refractivity contribution in [1.29, 1.82) is 0 Å². The Morgan fingerprint density at radius 2 is 1.53 bits per heavy atom. The minimum atomic E-state index is -1.21. The number of hydrogen-bond acceptors (Lipinski definition) is 6. The van der Waals surface area contributed by atoms with Crippen LogP contribution in [0.1, 0.15) is 0 Å². The van der Waals surface area contributed by atoms with Crippen LogP contribution >= 0.6 is 0 Å². The van der Waals surface area contributed by atoms with Crippen LogP contribution in [0.2, 0.25) is 0 Å². The molecule has 0 spiro atoms. The minimum absolute atomic E-state index is 0.0342. The van der Waals surface area contributed by atoms with E-state index in [-0.39, 0.29) is 26.4 Å².